The molecule has 0 spiro atoms. The fraction of sp³-hybridized carbons (Fsp3) is 0.222. The fourth-order valence-electron chi connectivity index (χ4n) is 1.34. The van der Waals surface area contributed by atoms with Crippen LogP contribution in [0.1, 0.15) is 11.3 Å². The summed E-state index contributed by atoms with van der Waals surface area (Å²) in [6.45, 7) is 2.32. The van der Waals surface area contributed by atoms with E-state index in [1.54, 1.807) is 0 Å². The van der Waals surface area contributed by atoms with Crippen molar-refractivity contribution in [1.29, 1.82) is 0 Å². The zero-order chi connectivity index (χ0) is 9.97. The average Bonchev–Trinajstić information content (AvgIpc) is 2.56. The van der Waals surface area contributed by atoms with Crippen LogP contribution in [0.15, 0.2) is 29.6 Å². The highest BCUT2D eigenvalue weighted by molar-refractivity contribution is 5.41. The lowest BCUT2D eigenvalue weighted by molar-refractivity contribution is 0.997. The number of rotatable bonds is 2. The van der Waals surface area contributed by atoms with E-state index in [4.69, 9.17) is 5.53 Å². The molecule has 2 aromatic rings. The monoisotopic (exact) mass is 187 g/mol. The highest BCUT2D eigenvalue weighted by atomic mass is 15.1. The second-order valence-electron chi connectivity index (χ2n) is 3.09. The van der Waals surface area contributed by atoms with Crippen molar-refractivity contribution in [3.63, 3.8) is 0 Å². The van der Waals surface area contributed by atoms with E-state index in [-0.39, 0.29) is 0 Å². The summed E-state index contributed by atoms with van der Waals surface area (Å²) < 4.78 is 1.93. The molecule has 0 amide bonds. The molecule has 0 N–H and O–H groups in total. The van der Waals surface area contributed by atoms with E-state index in [0.29, 0.717) is 6.54 Å². The van der Waals surface area contributed by atoms with Crippen molar-refractivity contribution in [3.8, 4) is 0 Å². The topological polar surface area (TPSA) is 66.1 Å². The SMILES string of the molecule is Cc1ccc2nc(CN=[N+]=[N-])cn2c1. The number of nitrogens with zero attached hydrogens (tertiary/aromatic N) is 5. The quantitative estimate of drug-likeness (QED) is 0.404. The molecule has 0 fully saturated rings. The summed E-state index contributed by atoms with van der Waals surface area (Å²) in [7, 11) is 0. The van der Waals surface area contributed by atoms with Gasteiger partial charge in [0.2, 0.25) is 0 Å². The Bertz CT molecular complexity index is 507. The van der Waals surface area contributed by atoms with Crippen molar-refractivity contribution in [2.75, 3.05) is 0 Å². The van der Waals surface area contributed by atoms with Crippen LogP contribution in [0.4, 0.5) is 0 Å². The minimum atomic E-state index is 0.303. The summed E-state index contributed by atoms with van der Waals surface area (Å²) in [5.41, 5.74) is 11.0. The van der Waals surface area contributed by atoms with Crippen LogP contribution in [0.2, 0.25) is 0 Å². The number of imidazole rings is 1. The first-order valence-corrected chi connectivity index (χ1v) is 4.25. The Morgan fingerprint density at radius 1 is 1.50 bits per heavy atom. The summed E-state index contributed by atoms with van der Waals surface area (Å²) in [5, 5.41) is 3.46. The number of hydrogen-bond donors (Lipinski definition) is 0. The molecular formula is C9H9N5. The first kappa shape index (κ1) is 8.59. The molecule has 5 nitrogen and oxygen atoms in total. The molecule has 0 saturated heterocycles. The van der Waals surface area contributed by atoms with E-state index in [1.165, 1.54) is 5.56 Å². The van der Waals surface area contributed by atoms with Crippen molar-refractivity contribution in [3.05, 3.63) is 46.2 Å². The molecule has 5 heteroatoms. The number of hydrogen-bond acceptors (Lipinski definition) is 2. The maximum atomic E-state index is 8.17. The first-order chi connectivity index (χ1) is 6.79. The van der Waals surface area contributed by atoms with Crippen LogP contribution in [0, 0.1) is 6.92 Å². The number of pyridine rings is 1. The molecule has 0 bridgehead atoms. The average molecular weight is 187 g/mol. The van der Waals surface area contributed by atoms with Gasteiger partial charge in [0.05, 0.1) is 12.2 Å². The molecular weight excluding hydrogens is 178 g/mol. The number of aryl methyl sites for hydroxylation is 1. The van der Waals surface area contributed by atoms with Crippen LogP contribution in [0.3, 0.4) is 0 Å². The Morgan fingerprint density at radius 2 is 2.36 bits per heavy atom. The lowest BCUT2D eigenvalue weighted by atomic mass is 10.3. The van der Waals surface area contributed by atoms with Gasteiger partial charge in [-0.05, 0) is 24.1 Å². The lowest BCUT2D eigenvalue weighted by Crippen LogP contribution is -1.82. The van der Waals surface area contributed by atoms with Crippen LogP contribution in [-0.2, 0) is 6.54 Å². The highest BCUT2D eigenvalue weighted by Crippen LogP contribution is 2.07. The zero-order valence-corrected chi connectivity index (χ0v) is 7.75. The standard InChI is InChI=1S/C9H9N5/c1-7-2-3-9-12-8(4-11-13-10)6-14(9)5-7/h2-3,5-6H,4H2,1H3. The van der Waals surface area contributed by atoms with Gasteiger partial charge in [-0.1, -0.05) is 11.2 Å². The highest BCUT2D eigenvalue weighted by Gasteiger charge is 1.99. The van der Waals surface area contributed by atoms with E-state index in [9.17, 15) is 0 Å². The van der Waals surface area contributed by atoms with Crippen LogP contribution in [0.25, 0.3) is 16.1 Å². The third kappa shape index (κ3) is 1.53. The van der Waals surface area contributed by atoms with Gasteiger partial charge in [0.1, 0.15) is 5.65 Å². The fourth-order valence-corrected chi connectivity index (χ4v) is 1.34. The van der Waals surface area contributed by atoms with Crippen molar-refractivity contribution < 1.29 is 0 Å². The van der Waals surface area contributed by atoms with E-state index in [1.807, 2.05) is 35.9 Å². The molecule has 2 rings (SSSR count). The Balaban J connectivity index is 2.45. The summed E-state index contributed by atoms with van der Waals surface area (Å²) in [4.78, 5) is 6.98. The molecule has 0 atom stereocenters. The van der Waals surface area contributed by atoms with Gasteiger partial charge in [-0.25, -0.2) is 4.98 Å². The smallest absolute Gasteiger partial charge is 0.136 e. The second-order valence-corrected chi connectivity index (χ2v) is 3.09. The normalized spacial score (nSPS) is 10.1. The summed E-state index contributed by atoms with van der Waals surface area (Å²) in [6, 6.07) is 3.94. The second kappa shape index (κ2) is 3.40. The minimum Gasteiger partial charge on any atom is -0.307 e. The van der Waals surface area contributed by atoms with Crippen LogP contribution in [0.5, 0.6) is 0 Å². The van der Waals surface area contributed by atoms with Gasteiger partial charge in [0.25, 0.3) is 0 Å². The van der Waals surface area contributed by atoms with Gasteiger partial charge in [-0.2, -0.15) is 0 Å². The van der Waals surface area contributed by atoms with Gasteiger partial charge < -0.3 is 4.40 Å². The van der Waals surface area contributed by atoms with Crippen molar-refractivity contribution in [1.82, 2.24) is 9.38 Å². The van der Waals surface area contributed by atoms with Crippen molar-refractivity contribution in [2.45, 2.75) is 13.5 Å². The van der Waals surface area contributed by atoms with E-state index in [2.05, 4.69) is 15.0 Å². The first-order valence-electron chi connectivity index (χ1n) is 4.25. The van der Waals surface area contributed by atoms with Crippen molar-refractivity contribution >= 4 is 5.65 Å². The van der Waals surface area contributed by atoms with Gasteiger partial charge in [0, 0.05) is 17.3 Å². The molecule has 14 heavy (non-hydrogen) atoms. The summed E-state index contributed by atoms with van der Waals surface area (Å²) >= 11 is 0. The molecule has 0 aliphatic rings. The van der Waals surface area contributed by atoms with Crippen LogP contribution < -0.4 is 0 Å². The number of aromatic nitrogens is 2. The summed E-state index contributed by atoms with van der Waals surface area (Å²) in [6.07, 6.45) is 3.86. The number of fused-ring (bicyclic) bond motifs is 1. The maximum Gasteiger partial charge on any atom is 0.136 e. The predicted molar refractivity (Wildman–Crippen MR) is 52.8 cm³/mol. The van der Waals surface area contributed by atoms with Crippen LogP contribution >= 0.6 is 0 Å². The molecule has 0 radical (unpaired) electrons. The minimum absolute atomic E-state index is 0.303. The van der Waals surface area contributed by atoms with E-state index < -0.39 is 0 Å². The van der Waals surface area contributed by atoms with Gasteiger partial charge in [0.15, 0.2) is 0 Å². The van der Waals surface area contributed by atoms with Crippen LogP contribution in [-0.4, -0.2) is 9.38 Å². The Labute approximate surface area is 80.6 Å². The van der Waals surface area contributed by atoms with Crippen molar-refractivity contribution in [2.24, 2.45) is 5.11 Å². The molecule has 2 aromatic heterocycles. The third-order valence-electron chi connectivity index (χ3n) is 1.94. The summed E-state index contributed by atoms with van der Waals surface area (Å²) in [5.74, 6) is 0. The lowest BCUT2D eigenvalue weighted by Gasteiger charge is -1.93. The molecule has 0 aromatic carbocycles. The Morgan fingerprint density at radius 3 is 3.14 bits per heavy atom. The third-order valence-corrected chi connectivity index (χ3v) is 1.94. The molecule has 0 saturated carbocycles. The number of azide groups is 1. The van der Waals surface area contributed by atoms with E-state index in [0.717, 1.165) is 11.3 Å². The zero-order valence-electron chi connectivity index (χ0n) is 7.75. The largest absolute Gasteiger partial charge is 0.307 e. The molecule has 2 heterocycles. The predicted octanol–water partition coefficient (Wildman–Crippen LogP) is 2.45. The Hall–Kier alpha value is -2.00. The van der Waals surface area contributed by atoms with E-state index >= 15 is 0 Å². The molecule has 0 unspecified atom stereocenters. The maximum absolute atomic E-state index is 8.17. The molecule has 0 aliphatic carbocycles. The molecule has 0 aliphatic heterocycles. The molecule has 70 valence electrons. The van der Waals surface area contributed by atoms with Gasteiger partial charge in [-0.15, -0.1) is 0 Å². The van der Waals surface area contributed by atoms with Gasteiger partial charge >= 0.3 is 0 Å². The Kier molecular flexibility index (Phi) is 2.08. The van der Waals surface area contributed by atoms with Gasteiger partial charge in [-0.3, -0.25) is 0 Å².